The lowest BCUT2D eigenvalue weighted by Crippen LogP contribution is -2.44. The molecule has 0 bridgehead atoms. The SMILES string of the molecule is Cc1nc2c(cc1C(=O)Nc1ccc(N3CCN(C)CC3)nc1)c(C)nn2C. The van der Waals surface area contributed by atoms with Gasteiger partial charge in [0.15, 0.2) is 5.65 Å². The zero-order valence-electron chi connectivity index (χ0n) is 16.7. The molecule has 4 rings (SSSR count). The molecule has 1 amide bonds. The van der Waals surface area contributed by atoms with Gasteiger partial charge in [-0.3, -0.25) is 9.48 Å². The lowest BCUT2D eigenvalue weighted by Gasteiger charge is -2.33. The first-order valence-electron chi connectivity index (χ1n) is 9.44. The molecule has 1 aliphatic heterocycles. The number of amides is 1. The number of nitrogens with zero attached hydrogens (tertiary/aromatic N) is 6. The fourth-order valence-corrected chi connectivity index (χ4v) is 3.54. The Bertz CT molecular complexity index is 1020. The first-order chi connectivity index (χ1) is 13.4. The van der Waals surface area contributed by atoms with Gasteiger partial charge in [-0.15, -0.1) is 0 Å². The third kappa shape index (κ3) is 3.43. The van der Waals surface area contributed by atoms with Crippen molar-refractivity contribution in [2.75, 3.05) is 43.4 Å². The van der Waals surface area contributed by atoms with Gasteiger partial charge in [0.25, 0.3) is 5.91 Å². The summed E-state index contributed by atoms with van der Waals surface area (Å²) in [7, 11) is 3.99. The lowest BCUT2D eigenvalue weighted by atomic mass is 10.1. The Hall–Kier alpha value is -3.00. The van der Waals surface area contributed by atoms with Gasteiger partial charge in [0.05, 0.1) is 28.8 Å². The zero-order valence-corrected chi connectivity index (χ0v) is 16.7. The molecule has 1 N–H and O–H groups in total. The maximum Gasteiger partial charge on any atom is 0.257 e. The van der Waals surface area contributed by atoms with E-state index in [1.807, 2.05) is 39.1 Å². The van der Waals surface area contributed by atoms with E-state index < -0.39 is 0 Å². The number of aryl methyl sites for hydroxylation is 3. The van der Waals surface area contributed by atoms with Crippen LogP contribution in [-0.2, 0) is 7.05 Å². The third-order valence-corrected chi connectivity index (χ3v) is 5.27. The molecule has 0 saturated carbocycles. The number of nitrogens with one attached hydrogen (secondary N) is 1. The fourth-order valence-electron chi connectivity index (χ4n) is 3.54. The number of pyridine rings is 2. The second-order valence-corrected chi connectivity index (χ2v) is 7.35. The number of hydrogen-bond donors (Lipinski definition) is 1. The van der Waals surface area contributed by atoms with Crippen LogP contribution in [-0.4, -0.2) is 63.8 Å². The number of carbonyl (C=O) groups is 1. The van der Waals surface area contributed by atoms with Crippen molar-refractivity contribution in [1.29, 1.82) is 0 Å². The van der Waals surface area contributed by atoms with Crippen molar-refractivity contribution in [3.8, 4) is 0 Å². The van der Waals surface area contributed by atoms with Crippen LogP contribution in [0.2, 0.25) is 0 Å². The summed E-state index contributed by atoms with van der Waals surface area (Å²) in [6, 6.07) is 5.72. The minimum atomic E-state index is -0.190. The summed E-state index contributed by atoms with van der Waals surface area (Å²) in [5, 5.41) is 8.20. The molecule has 28 heavy (non-hydrogen) atoms. The Morgan fingerprint density at radius 2 is 1.82 bits per heavy atom. The van der Waals surface area contributed by atoms with Gasteiger partial charge in [-0.05, 0) is 39.1 Å². The Labute approximate surface area is 164 Å². The Morgan fingerprint density at radius 3 is 2.50 bits per heavy atom. The van der Waals surface area contributed by atoms with Crippen LogP contribution in [0, 0.1) is 13.8 Å². The average molecular weight is 379 g/mol. The monoisotopic (exact) mass is 379 g/mol. The smallest absolute Gasteiger partial charge is 0.257 e. The van der Waals surface area contributed by atoms with Crippen molar-refractivity contribution < 1.29 is 4.79 Å². The molecule has 1 aliphatic rings. The number of anilines is 2. The first-order valence-corrected chi connectivity index (χ1v) is 9.44. The molecule has 0 radical (unpaired) electrons. The van der Waals surface area contributed by atoms with Crippen molar-refractivity contribution >= 4 is 28.4 Å². The van der Waals surface area contributed by atoms with Gasteiger partial charge in [-0.25, -0.2) is 9.97 Å². The van der Waals surface area contributed by atoms with Gasteiger partial charge >= 0.3 is 0 Å². The van der Waals surface area contributed by atoms with Gasteiger partial charge in [0, 0.05) is 38.6 Å². The number of rotatable bonds is 3. The highest BCUT2D eigenvalue weighted by Crippen LogP contribution is 2.21. The number of likely N-dealkylation sites (N-methyl/N-ethyl adjacent to an activating group) is 1. The van der Waals surface area contributed by atoms with Crippen molar-refractivity contribution in [3.63, 3.8) is 0 Å². The summed E-state index contributed by atoms with van der Waals surface area (Å²) in [5.74, 6) is 0.751. The van der Waals surface area contributed by atoms with Crippen LogP contribution in [0.1, 0.15) is 21.7 Å². The normalized spacial score (nSPS) is 15.2. The summed E-state index contributed by atoms with van der Waals surface area (Å²) in [6.07, 6.45) is 1.71. The van der Waals surface area contributed by atoms with Gasteiger partial charge in [0.2, 0.25) is 0 Å². The van der Waals surface area contributed by atoms with Gasteiger partial charge in [0.1, 0.15) is 5.82 Å². The quantitative estimate of drug-likeness (QED) is 0.750. The second-order valence-electron chi connectivity index (χ2n) is 7.35. The van der Waals surface area contributed by atoms with E-state index in [0.717, 1.165) is 48.7 Å². The highest BCUT2D eigenvalue weighted by atomic mass is 16.1. The predicted octanol–water partition coefficient (Wildman–Crippen LogP) is 1.98. The molecule has 1 saturated heterocycles. The van der Waals surface area contributed by atoms with Crippen molar-refractivity contribution in [1.82, 2.24) is 24.6 Å². The summed E-state index contributed by atoms with van der Waals surface area (Å²) in [5.41, 5.74) is 3.54. The molecule has 0 aliphatic carbocycles. The van der Waals surface area contributed by atoms with E-state index in [2.05, 4.69) is 37.2 Å². The molecule has 3 aromatic rings. The maximum atomic E-state index is 12.8. The summed E-state index contributed by atoms with van der Waals surface area (Å²) in [4.78, 5) is 26.4. The van der Waals surface area contributed by atoms with Crippen molar-refractivity contribution in [3.05, 3.63) is 41.3 Å². The molecule has 8 heteroatoms. The maximum absolute atomic E-state index is 12.8. The largest absolute Gasteiger partial charge is 0.354 e. The summed E-state index contributed by atoms with van der Waals surface area (Å²) in [6.45, 7) is 7.74. The van der Waals surface area contributed by atoms with E-state index in [9.17, 15) is 4.79 Å². The van der Waals surface area contributed by atoms with Crippen LogP contribution in [0.3, 0.4) is 0 Å². The van der Waals surface area contributed by atoms with Gasteiger partial charge < -0.3 is 15.1 Å². The van der Waals surface area contributed by atoms with Crippen molar-refractivity contribution in [2.45, 2.75) is 13.8 Å². The summed E-state index contributed by atoms with van der Waals surface area (Å²) < 4.78 is 1.74. The van der Waals surface area contributed by atoms with Crippen LogP contribution in [0.25, 0.3) is 11.0 Å². The predicted molar refractivity (Wildman–Crippen MR) is 110 cm³/mol. The van der Waals surface area contributed by atoms with Crippen molar-refractivity contribution in [2.24, 2.45) is 7.05 Å². The molecular weight excluding hydrogens is 354 g/mol. The van der Waals surface area contributed by atoms with E-state index in [1.165, 1.54) is 0 Å². The van der Waals surface area contributed by atoms with Crippen LogP contribution < -0.4 is 10.2 Å². The molecule has 3 aromatic heterocycles. The van der Waals surface area contributed by atoms with E-state index in [0.29, 0.717) is 16.9 Å². The molecule has 0 unspecified atom stereocenters. The number of piperazine rings is 1. The second kappa shape index (κ2) is 7.20. The molecule has 146 valence electrons. The highest BCUT2D eigenvalue weighted by molar-refractivity contribution is 6.06. The van der Waals surface area contributed by atoms with Crippen LogP contribution in [0.5, 0.6) is 0 Å². The van der Waals surface area contributed by atoms with E-state index in [-0.39, 0.29) is 5.91 Å². The number of carbonyl (C=O) groups excluding carboxylic acids is 1. The molecule has 1 fully saturated rings. The first kappa shape index (κ1) is 18.4. The third-order valence-electron chi connectivity index (χ3n) is 5.27. The topological polar surface area (TPSA) is 79.2 Å². The minimum Gasteiger partial charge on any atom is -0.354 e. The molecule has 0 spiro atoms. The van der Waals surface area contributed by atoms with E-state index in [1.54, 1.807) is 10.9 Å². The number of aromatic nitrogens is 4. The molecular formula is C20H25N7O. The average Bonchev–Trinajstić information content (AvgIpc) is 2.95. The van der Waals surface area contributed by atoms with Gasteiger partial charge in [-0.2, -0.15) is 5.10 Å². The van der Waals surface area contributed by atoms with Crippen LogP contribution in [0.15, 0.2) is 24.4 Å². The van der Waals surface area contributed by atoms with Gasteiger partial charge in [-0.1, -0.05) is 0 Å². The molecule has 8 nitrogen and oxygen atoms in total. The lowest BCUT2D eigenvalue weighted by molar-refractivity contribution is 0.102. The Kier molecular flexibility index (Phi) is 4.72. The Balaban J connectivity index is 1.51. The molecule has 0 atom stereocenters. The van der Waals surface area contributed by atoms with E-state index in [4.69, 9.17) is 0 Å². The number of hydrogen-bond acceptors (Lipinski definition) is 6. The van der Waals surface area contributed by atoms with Crippen LogP contribution >= 0.6 is 0 Å². The fraction of sp³-hybridized carbons (Fsp3) is 0.400. The minimum absolute atomic E-state index is 0.190. The standard InChI is InChI=1S/C20H25N7O/c1-13-17(11-16-14(2)24-26(4)19(16)22-13)20(28)23-15-5-6-18(21-12-15)27-9-7-25(3)8-10-27/h5-6,11-12H,7-10H2,1-4H3,(H,23,28). The Morgan fingerprint density at radius 1 is 1.07 bits per heavy atom. The number of fused-ring (bicyclic) bond motifs is 1. The van der Waals surface area contributed by atoms with E-state index >= 15 is 0 Å². The summed E-state index contributed by atoms with van der Waals surface area (Å²) >= 11 is 0. The van der Waals surface area contributed by atoms with Crippen LogP contribution in [0.4, 0.5) is 11.5 Å². The molecule has 0 aromatic carbocycles. The highest BCUT2D eigenvalue weighted by Gasteiger charge is 2.17. The zero-order chi connectivity index (χ0) is 19.8. The molecule has 4 heterocycles.